The summed E-state index contributed by atoms with van der Waals surface area (Å²) >= 11 is 0. The number of benzene rings is 1. The predicted octanol–water partition coefficient (Wildman–Crippen LogP) is 2.49. The molecule has 0 saturated heterocycles. The number of methoxy groups -OCH3 is 2. The van der Waals surface area contributed by atoms with Gasteiger partial charge < -0.3 is 14.6 Å². The van der Waals surface area contributed by atoms with Gasteiger partial charge in [0.05, 0.1) is 19.8 Å². The lowest BCUT2D eigenvalue weighted by molar-refractivity contribution is 0.0770. The molecule has 16 heavy (non-hydrogen) atoms. The van der Waals surface area contributed by atoms with Crippen molar-refractivity contribution in [3.63, 3.8) is 0 Å². The SMILES string of the molecule is CCc1c(OC)cc(OC)cc1C(C)(C)O. The molecule has 3 heteroatoms. The summed E-state index contributed by atoms with van der Waals surface area (Å²) < 4.78 is 10.5. The second kappa shape index (κ2) is 4.74. The quantitative estimate of drug-likeness (QED) is 0.854. The molecular weight excluding hydrogens is 204 g/mol. The van der Waals surface area contributed by atoms with Crippen LogP contribution in [0.5, 0.6) is 11.5 Å². The summed E-state index contributed by atoms with van der Waals surface area (Å²) in [4.78, 5) is 0. The van der Waals surface area contributed by atoms with Crippen molar-refractivity contribution in [3.8, 4) is 11.5 Å². The highest BCUT2D eigenvalue weighted by molar-refractivity contribution is 5.48. The summed E-state index contributed by atoms with van der Waals surface area (Å²) in [5.41, 5.74) is 0.981. The molecule has 1 N–H and O–H groups in total. The van der Waals surface area contributed by atoms with Crippen molar-refractivity contribution in [2.75, 3.05) is 14.2 Å². The van der Waals surface area contributed by atoms with E-state index in [2.05, 4.69) is 0 Å². The highest BCUT2D eigenvalue weighted by Gasteiger charge is 2.23. The molecule has 0 fully saturated rings. The lowest BCUT2D eigenvalue weighted by Crippen LogP contribution is -2.18. The van der Waals surface area contributed by atoms with E-state index in [1.807, 2.05) is 19.1 Å². The van der Waals surface area contributed by atoms with Gasteiger partial charge in [0.1, 0.15) is 11.5 Å². The van der Waals surface area contributed by atoms with Gasteiger partial charge in [-0.1, -0.05) is 6.92 Å². The maximum atomic E-state index is 10.1. The first-order chi connectivity index (χ1) is 7.43. The van der Waals surface area contributed by atoms with Gasteiger partial charge in [0.2, 0.25) is 0 Å². The molecule has 0 radical (unpaired) electrons. The normalized spacial score (nSPS) is 11.4. The fraction of sp³-hybridized carbons (Fsp3) is 0.538. The Kier molecular flexibility index (Phi) is 3.81. The van der Waals surface area contributed by atoms with Crippen LogP contribution in [0.3, 0.4) is 0 Å². The van der Waals surface area contributed by atoms with E-state index < -0.39 is 5.60 Å². The zero-order valence-electron chi connectivity index (χ0n) is 10.6. The number of aliphatic hydroxyl groups is 1. The highest BCUT2D eigenvalue weighted by Crippen LogP contribution is 2.35. The van der Waals surface area contributed by atoms with Crippen molar-refractivity contribution in [2.45, 2.75) is 32.8 Å². The zero-order valence-corrected chi connectivity index (χ0v) is 10.6. The van der Waals surface area contributed by atoms with Crippen molar-refractivity contribution in [2.24, 2.45) is 0 Å². The molecule has 0 aliphatic carbocycles. The molecule has 0 unspecified atom stereocenters. The fourth-order valence-electron chi connectivity index (χ4n) is 1.83. The summed E-state index contributed by atoms with van der Waals surface area (Å²) in [6, 6.07) is 3.70. The summed E-state index contributed by atoms with van der Waals surface area (Å²) in [6.45, 7) is 5.57. The Balaban J connectivity index is 3.43. The third-order valence-electron chi connectivity index (χ3n) is 2.65. The average Bonchev–Trinajstić information content (AvgIpc) is 2.25. The molecule has 0 spiro atoms. The molecule has 1 aromatic carbocycles. The van der Waals surface area contributed by atoms with E-state index in [0.29, 0.717) is 5.75 Å². The van der Waals surface area contributed by atoms with Crippen LogP contribution in [0, 0.1) is 0 Å². The van der Waals surface area contributed by atoms with Crippen LogP contribution in [-0.2, 0) is 12.0 Å². The highest BCUT2D eigenvalue weighted by atomic mass is 16.5. The van der Waals surface area contributed by atoms with E-state index in [1.165, 1.54) is 0 Å². The molecule has 0 heterocycles. The molecule has 0 saturated carbocycles. The van der Waals surface area contributed by atoms with Crippen molar-refractivity contribution in [1.82, 2.24) is 0 Å². The molecule has 0 aliphatic heterocycles. The second-order valence-corrected chi connectivity index (χ2v) is 4.27. The molecule has 0 aromatic heterocycles. The molecule has 0 bridgehead atoms. The molecule has 0 atom stereocenters. The Morgan fingerprint density at radius 2 is 1.81 bits per heavy atom. The van der Waals surface area contributed by atoms with Crippen LogP contribution in [0.15, 0.2) is 12.1 Å². The van der Waals surface area contributed by atoms with Gasteiger partial charge in [0, 0.05) is 11.6 Å². The predicted molar refractivity (Wildman–Crippen MR) is 64.2 cm³/mol. The standard InChI is InChI=1S/C13H20O3/c1-6-10-11(13(2,3)14)7-9(15-4)8-12(10)16-5/h7-8,14H,6H2,1-5H3. The lowest BCUT2D eigenvalue weighted by atomic mass is 9.91. The van der Waals surface area contributed by atoms with Gasteiger partial charge in [0.15, 0.2) is 0 Å². The Hall–Kier alpha value is -1.22. The molecule has 1 rings (SSSR count). The second-order valence-electron chi connectivity index (χ2n) is 4.27. The van der Waals surface area contributed by atoms with Crippen LogP contribution in [0.4, 0.5) is 0 Å². The number of hydrogen-bond acceptors (Lipinski definition) is 3. The fourth-order valence-corrected chi connectivity index (χ4v) is 1.83. The van der Waals surface area contributed by atoms with Crippen molar-refractivity contribution >= 4 is 0 Å². The molecule has 1 aromatic rings. The monoisotopic (exact) mass is 224 g/mol. The third kappa shape index (κ3) is 2.47. The van der Waals surface area contributed by atoms with Crippen LogP contribution in [0.2, 0.25) is 0 Å². The molecular formula is C13H20O3. The van der Waals surface area contributed by atoms with E-state index in [4.69, 9.17) is 9.47 Å². The van der Waals surface area contributed by atoms with Gasteiger partial charge >= 0.3 is 0 Å². The first kappa shape index (κ1) is 12.8. The number of hydrogen-bond donors (Lipinski definition) is 1. The molecule has 0 amide bonds. The largest absolute Gasteiger partial charge is 0.497 e. The maximum absolute atomic E-state index is 10.1. The summed E-state index contributed by atoms with van der Waals surface area (Å²) in [6.07, 6.45) is 0.812. The Labute approximate surface area is 97.0 Å². The summed E-state index contributed by atoms with van der Waals surface area (Å²) in [5, 5.41) is 10.1. The number of ether oxygens (including phenoxy) is 2. The van der Waals surface area contributed by atoms with Crippen LogP contribution < -0.4 is 9.47 Å². The smallest absolute Gasteiger partial charge is 0.126 e. The Bertz CT molecular complexity index is 364. The van der Waals surface area contributed by atoms with Gasteiger partial charge in [-0.25, -0.2) is 0 Å². The van der Waals surface area contributed by atoms with E-state index in [-0.39, 0.29) is 0 Å². The Morgan fingerprint density at radius 3 is 2.19 bits per heavy atom. The first-order valence-electron chi connectivity index (χ1n) is 5.41. The van der Waals surface area contributed by atoms with Gasteiger partial charge in [-0.05, 0) is 31.9 Å². The van der Waals surface area contributed by atoms with E-state index >= 15 is 0 Å². The minimum Gasteiger partial charge on any atom is -0.497 e. The van der Waals surface area contributed by atoms with E-state index in [0.717, 1.165) is 23.3 Å². The van der Waals surface area contributed by atoms with Crippen molar-refractivity contribution in [1.29, 1.82) is 0 Å². The van der Waals surface area contributed by atoms with E-state index in [1.54, 1.807) is 28.1 Å². The zero-order chi connectivity index (χ0) is 12.3. The van der Waals surface area contributed by atoms with Gasteiger partial charge in [-0.2, -0.15) is 0 Å². The minimum absolute atomic E-state index is 0.700. The topological polar surface area (TPSA) is 38.7 Å². The lowest BCUT2D eigenvalue weighted by Gasteiger charge is -2.23. The summed E-state index contributed by atoms with van der Waals surface area (Å²) in [7, 11) is 3.23. The summed E-state index contributed by atoms with van der Waals surface area (Å²) in [5.74, 6) is 1.46. The molecule has 3 nitrogen and oxygen atoms in total. The molecule has 90 valence electrons. The van der Waals surface area contributed by atoms with Crippen molar-refractivity contribution < 1.29 is 14.6 Å². The maximum Gasteiger partial charge on any atom is 0.126 e. The van der Waals surface area contributed by atoms with E-state index in [9.17, 15) is 5.11 Å². The van der Waals surface area contributed by atoms with Gasteiger partial charge in [0.25, 0.3) is 0 Å². The van der Waals surface area contributed by atoms with Crippen LogP contribution in [0.1, 0.15) is 31.9 Å². The Morgan fingerprint density at radius 1 is 1.19 bits per heavy atom. The van der Waals surface area contributed by atoms with Gasteiger partial charge in [-0.15, -0.1) is 0 Å². The van der Waals surface area contributed by atoms with Crippen molar-refractivity contribution in [3.05, 3.63) is 23.3 Å². The van der Waals surface area contributed by atoms with Crippen LogP contribution in [0.25, 0.3) is 0 Å². The third-order valence-corrected chi connectivity index (χ3v) is 2.65. The number of rotatable bonds is 4. The van der Waals surface area contributed by atoms with Crippen LogP contribution >= 0.6 is 0 Å². The van der Waals surface area contributed by atoms with Gasteiger partial charge in [-0.3, -0.25) is 0 Å². The minimum atomic E-state index is -0.896. The average molecular weight is 224 g/mol. The first-order valence-corrected chi connectivity index (χ1v) is 5.41. The van der Waals surface area contributed by atoms with Crippen LogP contribution in [-0.4, -0.2) is 19.3 Å². The molecule has 0 aliphatic rings.